The number of carbonyl (C=O) groups excluding carboxylic acids is 2. The SMILES string of the molecule is COc1cccc(CNC(=O)c2cc(-c3nnn(C[C@H]4CCCN(C(C)=O)C4)n3)cc(C)n2)c1. The highest BCUT2D eigenvalue weighted by Gasteiger charge is 2.23. The third-order valence-electron chi connectivity index (χ3n) is 5.87. The van der Waals surface area contributed by atoms with Crippen molar-refractivity contribution >= 4 is 11.8 Å². The van der Waals surface area contributed by atoms with Crippen LogP contribution >= 0.6 is 0 Å². The van der Waals surface area contributed by atoms with E-state index in [0.717, 1.165) is 30.7 Å². The Balaban J connectivity index is 1.43. The third kappa shape index (κ3) is 5.75. The number of amides is 2. The molecule has 1 aromatic carbocycles. The lowest BCUT2D eigenvalue weighted by molar-refractivity contribution is -0.130. The van der Waals surface area contributed by atoms with Gasteiger partial charge in [0.2, 0.25) is 11.7 Å². The van der Waals surface area contributed by atoms with E-state index in [1.165, 1.54) is 0 Å². The van der Waals surface area contributed by atoms with Crippen molar-refractivity contribution in [1.82, 2.24) is 35.4 Å². The first-order valence-corrected chi connectivity index (χ1v) is 11.3. The lowest BCUT2D eigenvalue weighted by Crippen LogP contribution is -2.40. The molecule has 34 heavy (non-hydrogen) atoms. The summed E-state index contributed by atoms with van der Waals surface area (Å²) in [7, 11) is 1.61. The monoisotopic (exact) mass is 463 g/mol. The van der Waals surface area contributed by atoms with Crippen LogP contribution < -0.4 is 10.1 Å². The van der Waals surface area contributed by atoms with Gasteiger partial charge in [-0.05, 0) is 60.7 Å². The van der Waals surface area contributed by atoms with E-state index < -0.39 is 0 Å². The number of tetrazole rings is 1. The van der Waals surface area contributed by atoms with Crippen molar-refractivity contribution in [2.24, 2.45) is 5.92 Å². The van der Waals surface area contributed by atoms with Gasteiger partial charge in [-0.15, -0.1) is 10.2 Å². The molecule has 178 valence electrons. The predicted octanol–water partition coefficient (Wildman–Crippen LogP) is 2.24. The molecule has 1 saturated heterocycles. The topological polar surface area (TPSA) is 115 Å². The summed E-state index contributed by atoms with van der Waals surface area (Å²) in [5.41, 5.74) is 2.58. The Morgan fingerprint density at radius 1 is 1.24 bits per heavy atom. The average molecular weight is 464 g/mol. The molecular weight excluding hydrogens is 434 g/mol. The molecule has 10 heteroatoms. The van der Waals surface area contributed by atoms with Crippen LogP contribution in [0.3, 0.4) is 0 Å². The largest absolute Gasteiger partial charge is 0.497 e. The third-order valence-corrected chi connectivity index (χ3v) is 5.87. The quantitative estimate of drug-likeness (QED) is 0.571. The van der Waals surface area contributed by atoms with Crippen LogP contribution in [0.25, 0.3) is 11.4 Å². The molecule has 2 amide bonds. The second-order valence-corrected chi connectivity index (χ2v) is 8.56. The van der Waals surface area contributed by atoms with Crippen LogP contribution in [0, 0.1) is 12.8 Å². The van der Waals surface area contributed by atoms with E-state index in [1.807, 2.05) is 42.2 Å². The standard InChI is InChI=1S/C24H29N7O3/c1-16-10-20(12-22(26-16)24(33)25-13-18-6-4-8-21(11-18)34-3)23-27-29-31(28-23)15-19-7-5-9-30(14-19)17(2)32/h4,6,8,10-12,19H,5,7,9,13-15H2,1-3H3,(H,25,33)/t19-/m0/s1. The number of carbonyl (C=O) groups is 2. The van der Waals surface area contributed by atoms with Gasteiger partial charge in [-0.25, -0.2) is 4.98 Å². The zero-order valence-corrected chi connectivity index (χ0v) is 19.7. The summed E-state index contributed by atoms with van der Waals surface area (Å²) >= 11 is 0. The summed E-state index contributed by atoms with van der Waals surface area (Å²) in [6.07, 6.45) is 2.00. The average Bonchev–Trinajstić information content (AvgIpc) is 3.31. The van der Waals surface area contributed by atoms with Gasteiger partial charge in [0.25, 0.3) is 5.91 Å². The number of likely N-dealkylation sites (tertiary alicyclic amines) is 1. The van der Waals surface area contributed by atoms with Gasteiger partial charge in [0.1, 0.15) is 11.4 Å². The van der Waals surface area contributed by atoms with Gasteiger partial charge in [-0.3, -0.25) is 9.59 Å². The fourth-order valence-electron chi connectivity index (χ4n) is 4.14. The van der Waals surface area contributed by atoms with Gasteiger partial charge in [-0.1, -0.05) is 12.1 Å². The van der Waals surface area contributed by atoms with Crippen LogP contribution in [0.1, 0.15) is 41.5 Å². The van der Waals surface area contributed by atoms with Crippen molar-refractivity contribution in [3.63, 3.8) is 0 Å². The van der Waals surface area contributed by atoms with E-state index in [4.69, 9.17) is 4.74 Å². The molecule has 4 rings (SSSR count). The molecular formula is C24H29N7O3. The number of pyridine rings is 1. The molecule has 1 fully saturated rings. The minimum Gasteiger partial charge on any atom is -0.497 e. The van der Waals surface area contributed by atoms with E-state index in [2.05, 4.69) is 25.7 Å². The zero-order chi connectivity index (χ0) is 24.1. The molecule has 0 radical (unpaired) electrons. The van der Waals surface area contributed by atoms with E-state index in [1.54, 1.807) is 24.9 Å². The smallest absolute Gasteiger partial charge is 0.270 e. The van der Waals surface area contributed by atoms with E-state index in [-0.39, 0.29) is 17.7 Å². The molecule has 3 heterocycles. The molecule has 0 aliphatic carbocycles. The van der Waals surface area contributed by atoms with Gasteiger partial charge in [0.05, 0.1) is 13.7 Å². The first-order chi connectivity index (χ1) is 16.4. The second-order valence-electron chi connectivity index (χ2n) is 8.56. The van der Waals surface area contributed by atoms with Gasteiger partial charge in [0.15, 0.2) is 0 Å². The number of nitrogens with zero attached hydrogens (tertiary/aromatic N) is 6. The Bertz CT molecular complexity index is 1180. The Morgan fingerprint density at radius 3 is 2.88 bits per heavy atom. The lowest BCUT2D eigenvalue weighted by Gasteiger charge is -2.31. The van der Waals surface area contributed by atoms with Crippen LogP contribution in [0.15, 0.2) is 36.4 Å². The van der Waals surface area contributed by atoms with Gasteiger partial charge >= 0.3 is 0 Å². The first-order valence-electron chi connectivity index (χ1n) is 11.3. The van der Waals surface area contributed by atoms with Crippen molar-refractivity contribution in [3.05, 3.63) is 53.3 Å². The number of piperidine rings is 1. The Kier molecular flexibility index (Phi) is 7.15. The number of methoxy groups -OCH3 is 1. The summed E-state index contributed by atoms with van der Waals surface area (Å²) in [6, 6.07) is 11.0. The molecule has 2 aromatic heterocycles. The fourth-order valence-corrected chi connectivity index (χ4v) is 4.14. The van der Waals surface area contributed by atoms with E-state index in [0.29, 0.717) is 42.4 Å². The highest BCUT2D eigenvalue weighted by atomic mass is 16.5. The van der Waals surface area contributed by atoms with E-state index in [9.17, 15) is 9.59 Å². The van der Waals surface area contributed by atoms with E-state index >= 15 is 0 Å². The number of benzene rings is 1. The molecule has 1 aliphatic heterocycles. The summed E-state index contributed by atoms with van der Waals surface area (Å²) in [5, 5.41) is 15.8. The highest BCUT2D eigenvalue weighted by molar-refractivity contribution is 5.93. The molecule has 0 saturated carbocycles. The molecule has 0 spiro atoms. The van der Waals surface area contributed by atoms with Crippen LogP contribution in [-0.4, -0.2) is 62.1 Å². The van der Waals surface area contributed by atoms with Crippen LogP contribution in [-0.2, 0) is 17.9 Å². The maximum Gasteiger partial charge on any atom is 0.270 e. The van der Waals surface area contributed by atoms with Gasteiger partial charge in [-0.2, -0.15) is 4.80 Å². The van der Waals surface area contributed by atoms with Crippen molar-refractivity contribution in [3.8, 4) is 17.1 Å². The lowest BCUT2D eigenvalue weighted by atomic mass is 9.98. The Labute approximate surface area is 198 Å². The van der Waals surface area contributed by atoms with Gasteiger partial charge < -0.3 is 15.0 Å². The van der Waals surface area contributed by atoms with Crippen molar-refractivity contribution in [2.45, 2.75) is 39.8 Å². The van der Waals surface area contributed by atoms with Crippen molar-refractivity contribution in [2.75, 3.05) is 20.2 Å². The number of rotatable bonds is 7. The Morgan fingerprint density at radius 2 is 2.09 bits per heavy atom. The van der Waals surface area contributed by atoms with Crippen LogP contribution in [0.2, 0.25) is 0 Å². The van der Waals surface area contributed by atoms with Crippen molar-refractivity contribution < 1.29 is 14.3 Å². The fraction of sp³-hybridized carbons (Fsp3) is 0.417. The number of hydrogen-bond acceptors (Lipinski definition) is 7. The molecule has 0 bridgehead atoms. The number of hydrogen-bond donors (Lipinski definition) is 1. The zero-order valence-electron chi connectivity index (χ0n) is 19.7. The Hall–Kier alpha value is -3.82. The van der Waals surface area contributed by atoms with Crippen LogP contribution in [0.4, 0.5) is 0 Å². The summed E-state index contributed by atoms with van der Waals surface area (Å²) in [4.78, 5) is 32.3. The second kappa shape index (κ2) is 10.4. The number of aryl methyl sites for hydroxylation is 1. The highest BCUT2D eigenvalue weighted by Crippen LogP contribution is 2.20. The number of ether oxygens (including phenoxy) is 1. The minimum absolute atomic E-state index is 0.0985. The first kappa shape index (κ1) is 23.3. The number of nitrogens with one attached hydrogen (secondary N) is 1. The predicted molar refractivity (Wildman–Crippen MR) is 125 cm³/mol. The molecule has 3 aromatic rings. The normalized spacial score (nSPS) is 15.7. The van der Waals surface area contributed by atoms with Crippen LogP contribution in [0.5, 0.6) is 5.75 Å². The molecule has 10 nitrogen and oxygen atoms in total. The maximum absolute atomic E-state index is 12.8. The minimum atomic E-state index is -0.285. The molecule has 0 unspecified atom stereocenters. The summed E-state index contributed by atoms with van der Waals surface area (Å²) in [5.74, 6) is 1.27. The molecule has 1 N–H and O–H groups in total. The molecule has 1 atom stereocenters. The van der Waals surface area contributed by atoms with Gasteiger partial charge in [0, 0.05) is 37.8 Å². The summed E-state index contributed by atoms with van der Waals surface area (Å²) in [6.45, 7) is 5.89. The summed E-state index contributed by atoms with van der Waals surface area (Å²) < 4.78 is 5.23. The number of aromatic nitrogens is 5. The van der Waals surface area contributed by atoms with Crippen molar-refractivity contribution in [1.29, 1.82) is 0 Å². The molecule has 1 aliphatic rings. The maximum atomic E-state index is 12.8.